The number of anilines is 2. The van der Waals surface area contributed by atoms with Gasteiger partial charge in [0, 0.05) is 24.3 Å². The van der Waals surface area contributed by atoms with Crippen LogP contribution in [0.2, 0.25) is 0 Å². The molecule has 76 valence electrons. The van der Waals surface area contributed by atoms with Crippen molar-refractivity contribution in [2.75, 3.05) is 17.7 Å². The Kier molecular flexibility index (Phi) is 3.12. The fourth-order valence-electron chi connectivity index (χ4n) is 1.21. The largest absolute Gasteiger partial charge is 0.399 e. The molecule has 0 spiro atoms. The van der Waals surface area contributed by atoms with Crippen molar-refractivity contribution >= 4 is 17.3 Å². The Labute approximate surface area is 84.5 Å². The van der Waals surface area contributed by atoms with Crippen molar-refractivity contribution < 1.29 is 4.79 Å². The van der Waals surface area contributed by atoms with Crippen molar-refractivity contribution in [2.45, 2.75) is 13.8 Å². The summed E-state index contributed by atoms with van der Waals surface area (Å²) in [7, 11) is 1.77. The molecule has 0 fully saturated rings. The minimum Gasteiger partial charge on any atom is -0.399 e. The highest BCUT2D eigenvalue weighted by Gasteiger charge is 2.13. The van der Waals surface area contributed by atoms with Crippen LogP contribution in [0.4, 0.5) is 11.4 Å². The van der Waals surface area contributed by atoms with Crippen LogP contribution < -0.4 is 10.6 Å². The lowest BCUT2D eigenvalue weighted by Crippen LogP contribution is -2.30. The van der Waals surface area contributed by atoms with Gasteiger partial charge in [0.25, 0.3) is 0 Å². The van der Waals surface area contributed by atoms with E-state index in [0.717, 1.165) is 5.69 Å². The Bertz CT molecular complexity index is 317. The number of hydrogen-bond acceptors (Lipinski definition) is 2. The predicted molar refractivity (Wildman–Crippen MR) is 59.1 cm³/mol. The molecular formula is C11H16N2O. The summed E-state index contributed by atoms with van der Waals surface area (Å²) < 4.78 is 0. The molecule has 0 atom stereocenters. The van der Waals surface area contributed by atoms with Crippen LogP contribution in [0.1, 0.15) is 13.8 Å². The molecular weight excluding hydrogens is 176 g/mol. The Morgan fingerprint density at radius 3 is 2.21 bits per heavy atom. The summed E-state index contributed by atoms with van der Waals surface area (Å²) in [5.74, 6) is 0.118. The van der Waals surface area contributed by atoms with Crippen LogP contribution in [0.3, 0.4) is 0 Å². The fraction of sp³-hybridized carbons (Fsp3) is 0.364. The lowest BCUT2D eigenvalue weighted by atomic mass is 10.2. The van der Waals surface area contributed by atoms with Gasteiger partial charge in [-0.15, -0.1) is 0 Å². The number of rotatable bonds is 2. The highest BCUT2D eigenvalue weighted by molar-refractivity contribution is 5.94. The maximum atomic E-state index is 11.6. The van der Waals surface area contributed by atoms with E-state index in [4.69, 9.17) is 5.73 Å². The first-order chi connectivity index (χ1) is 6.52. The third kappa shape index (κ3) is 2.25. The highest BCUT2D eigenvalue weighted by atomic mass is 16.2. The second-order valence-corrected chi connectivity index (χ2v) is 3.64. The van der Waals surface area contributed by atoms with Crippen LogP contribution in [-0.4, -0.2) is 13.0 Å². The van der Waals surface area contributed by atoms with Crippen molar-refractivity contribution in [1.82, 2.24) is 0 Å². The molecule has 0 heterocycles. The van der Waals surface area contributed by atoms with Gasteiger partial charge in [0.05, 0.1) is 0 Å². The first-order valence-corrected chi connectivity index (χ1v) is 4.65. The van der Waals surface area contributed by atoms with Gasteiger partial charge in [-0.2, -0.15) is 0 Å². The summed E-state index contributed by atoms with van der Waals surface area (Å²) in [6.07, 6.45) is 0. The lowest BCUT2D eigenvalue weighted by Gasteiger charge is -2.19. The standard InChI is InChI=1S/C11H16N2O/c1-8(2)11(14)13(3)10-6-4-9(12)5-7-10/h4-8H,12H2,1-3H3. The van der Waals surface area contributed by atoms with Crippen molar-refractivity contribution in [3.8, 4) is 0 Å². The molecule has 0 radical (unpaired) electrons. The van der Waals surface area contributed by atoms with Crippen LogP contribution in [-0.2, 0) is 4.79 Å². The molecule has 1 aromatic carbocycles. The van der Waals surface area contributed by atoms with E-state index in [1.54, 1.807) is 24.1 Å². The molecule has 0 aromatic heterocycles. The van der Waals surface area contributed by atoms with Crippen LogP contribution in [0.25, 0.3) is 0 Å². The van der Waals surface area contributed by atoms with Gasteiger partial charge < -0.3 is 10.6 Å². The molecule has 2 N–H and O–H groups in total. The Hall–Kier alpha value is -1.51. The third-order valence-corrected chi connectivity index (χ3v) is 2.10. The normalized spacial score (nSPS) is 10.3. The molecule has 0 bridgehead atoms. The minimum atomic E-state index is 0.0116. The Morgan fingerprint density at radius 2 is 1.79 bits per heavy atom. The molecule has 0 unspecified atom stereocenters. The molecule has 3 heteroatoms. The van der Waals surface area contributed by atoms with Gasteiger partial charge in [-0.05, 0) is 24.3 Å². The monoisotopic (exact) mass is 192 g/mol. The van der Waals surface area contributed by atoms with E-state index in [1.165, 1.54) is 0 Å². The van der Waals surface area contributed by atoms with Crippen LogP contribution >= 0.6 is 0 Å². The first-order valence-electron chi connectivity index (χ1n) is 4.65. The predicted octanol–water partition coefficient (Wildman–Crippen LogP) is 1.89. The number of nitrogens with two attached hydrogens (primary N) is 1. The summed E-state index contributed by atoms with van der Waals surface area (Å²) in [5, 5.41) is 0. The molecule has 0 saturated heterocycles. The molecule has 3 nitrogen and oxygen atoms in total. The van der Waals surface area contributed by atoms with E-state index in [0.29, 0.717) is 5.69 Å². The Morgan fingerprint density at radius 1 is 1.29 bits per heavy atom. The van der Waals surface area contributed by atoms with E-state index in [2.05, 4.69) is 0 Å². The maximum absolute atomic E-state index is 11.6. The summed E-state index contributed by atoms with van der Waals surface area (Å²) >= 11 is 0. The zero-order valence-electron chi connectivity index (χ0n) is 8.82. The van der Waals surface area contributed by atoms with Gasteiger partial charge >= 0.3 is 0 Å². The van der Waals surface area contributed by atoms with E-state index in [9.17, 15) is 4.79 Å². The average molecular weight is 192 g/mol. The zero-order valence-corrected chi connectivity index (χ0v) is 8.82. The minimum absolute atomic E-state index is 0.0116. The van der Waals surface area contributed by atoms with E-state index >= 15 is 0 Å². The SMILES string of the molecule is CC(C)C(=O)N(C)c1ccc(N)cc1. The summed E-state index contributed by atoms with van der Waals surface area (Å²) in [6.45, 7) is 3.77. The quantitative estimate of drug-likeness (QED) is 0.727. The number of amides is 1. The topological polar surface area (TPSA) is 46.3 Å². The molecule has 14 heavy (non-hydrogen) atoms. The van der Waals surface area contributed by atoms with Gasteiger partial charge in [0.1, 0.15) is 0 Å². The number of nitrogen functional groups attached to an aromatic ring is 1. The van der Waals surface area contributed by atoms with Gasteiger partial charge in [-0.1, -0.05) is 13.8 Å². The van der Waals surface area contributed by atoms with Crippen molar-refractivity contribution in [2.24, 2.45) is 5.92 Å². The number of nitrogens with zero attached hydrogens (tertiary/aromatic N) is 1. The van der Waals surface area contributed by atoms with Crippen molar-refractivity contribution in [1.29, 1.82) is 0 Å². The summed E-state index contributed by atoms with van der Waals surface area (Å²) in [4.78, 5) is 13.3. The van der Waals surface area contributed by atoms with Crippen molar-refractivity contribution in [3.05, 3.63) is 24.3 Å². The molecule has 0 aliphatic heterocycles. The number of hydrogen-bond donors (Lipinski definition) is 1. The molecule has 0 aliphatic carbocycles. The van der Waals surface area contributed by atoms with Gasteiger partial charge in [-0.3, -0.25) is 4.79 Å². The number of benzene rings is 1. The Balaban J connectivity index is 2.84. The van der Waals surface area contributed by atoms with Crippen LogP contribution in [0.5, 0.6) is 0 Å². The van der Waals surface area contributed by atoms with Gasteiger partial charge in [0.15, 0.2) is 0 Å². The lowest BCUT2D eigenvalue weighted by molar-refractivity contribution is -0.121. The fourth-order valence-corrected chi connectivity index (χ4v) is 1.21. The highest BCUT2D eigenvalue weighted by Crippen LogP contribution is 2.16. The third-order valence-electron chi connectivity index (χ3n) is 2.10. The van der Waals surface area contributed by atoms with Crippen LogP contribution in [0, 0.1) is 5.92 Å². The van der Waals surface area contributed by atoms with E-state index in [-0.39, 0.29) is 11.8 Å². The molecule has 0 aliphatic rings. The van der Waals surface area contributed by atoms with Crippen LogP contribution in [0.15, 0.2) is 24.3 Å². The van der Waals surface area contributed by atoms with E-state index < -0.39 is 0 Å². The smallest absolute Gasteiger partial charge is 0.229 e. The van der Waals surface area contributed by atoms with Crippen molar-refractivity contribution in [3.63, 3.8) is 0 Å². The van der Waals surface area contributed by atoms with Gasteiger partial charge in [0.2, 0.25) is 5.91 Å². The number of carbonyl (C=O) groups is 1. The molecule has 0 saturated carbocycles. The molecule has 1 amide bonds. The molecule has 1 rings (SSSR count). The second-order valence-electron chi connectivity index (χ2n) is 3.64. The first kappa shape index (κ1) is 10.6. The number of carbonyl (C=O) groups excluding carboxylic acids is 1. The maximum Gasteiger partial charge on any atom is 0.229 e. The summed E-state index contributed by atoms with van der Waals surface area (Å²) in [5.41, 5.74) is 7.14. The second kappa shape index (κ2) is 4.13. The zero-order chi connectivity index (χ0) is 10.7. The average Bonchev–Trinajstić information content (AvgIpc) is 2.16. The van der Waals surface area contributed by atoms with E-state index in [1.807, 2.05) is 26.0 Å². The van der Waals surface area contributed by atoms with Gasteiger partial charge in [-0.25, -0.2) is 0 Å². The molecule has 1 aromatic rings. The summed E-state index contributed by atoms with van der Waals surface area (Å²) in [6, 6.07) is 7.27.